The van der Waals surface area contributed by atoms with Crippen LogP contribution in [-0.4, -0.2) is 32.3 Å². The molecule has 0 radical (unpaired) electrons. The number of anilines is 1. The molecular weight excluding hydrogens is 314 g/mol. The van der Waals surface area contributed by atoms with E-state index in [1.807, 2.05) is 17.5 Å². The van der Waals surface area contributed by atoms with Crippen LogP contribution in [0.4, 0.5) is 5.13 Å². The molecular formula is C15H13N5O2S. The zero-order chi connectivity index (χ0) is 15.6. The molecule has 0 saturated heterocycles. The lowest BCUT2D eigenvalue weighted by molar-refractivity contribution is 0.102. The highest BCUT2D eigenvalue weighted by Crippen LogP contribution is 2.25. The van der Waals surface area contributed by atoms with E-state index in [4.69, 9.17) is 4.74 Å². The van der Waals surface area contributed by atoms with E-state index >= 15 is 0 Å². The lowest BCUT2D eigenvalue weighted by Crippen LogP contribution is -2.16. The van der Waals surface area contributed by atoms with Crippen LogP contribution in [0, 0.1) is 0 Å². The minimum atomic E-state index is -0.289. The minimum Gasteiger partial charge on any atom is -0.478 e. The van der Waals surface area contributed by atoms with Gasteiger partial charge in [0.25, 0.3) is 5.91 Å². The Morgan fingerprint density at radius 2 is 2.39 bits per heavy atom. The summed E-state index contributed by atoms with van der Waals surface area (Å²) >= 11 is 1.37. The number of hydrogen-bond acceptors (Lipinski definition) is 6. The fraction of sp³-hybridized carbons (Fsp3) is 0.200. The van der Waals surface area contributed by atoms with Gasteiger partial charge in [-0.1, -0.05) is 0 Å². The summed E-state index contributed by atoms with van der Waals surface area (Å²) < 4.78 is 7.18. The monoisotopic (exact) mass is 327 g/mol. The largest absolute Gasteiger partial charge is 0.478 e. The lowest BCUT2D eigenvalue weighted by Gasteiger charge is -2.13. The maximum Gasteiger partial charge on any atom is 0.278 e. The second kappa shape index (κ2) is 5.81. The van der Waals surface area contributed by atoms with Crippen LogP contribution >= 0.6 is 11.3 Å². The Bertz CT molecular complexity index is 819. The maximum atomic E-state index is 12.3. The normalized spacial score (nSPS) is 13.2. The van der Waals surface area contributed by atoms with Gasteiger partial charge >= 0.3 is 0 Å². The van der Waals surface area contributed by atoms with Crippen molar-refractivity contribution in [2.24, 2.45) is 0 Å². The number of aromatic nitrogens is 4. The summed E-state index contributed by atoms with van der Waals surface area (Å²) in [6.07, 6.45) is 4.35. The van der Waals surface area contributed by atoms with Crippen molar-refractivity contribution in [3.8, 4) is 17.1 Å². The first-order valence-corrected chi connectivity index (χ1v) is 8.05. The summed E-state index contributed by atoms with van der Waals surface area (Å²) in [5, 5.41) is 9.44. The summed E-state index contributed by atoms with van der Waals surface area (Å²) in [5.41, 5.74) is 2.03. The number of rotatable bonds is 3. The van der Waals surface area contributed by atoms with Crippen molar-refractivity contribution in [2.45, 2.75) is 13.0 Å². The minimum absolute atomic E-state index is 0.289. The third-order valence-corrected chi connectivity index (χ3v) is 4.18. The van der Waals surface area contributed by atoms with Gasteiger partial charge in [-0.3, -0.25) is 15.1 Å². The molecule has 0 saturated carbocycles. The van der Waals surface area contributed by atoms with E-state index in [-0.39, 0.29) is 5.91 Å². The van der Waals surface area contributed by atoms with E-state index in [1.54, 1.807) is 23.1 Å². The molecule has 1 N–H and O–H groups in total. The van der Waals surface area contributed by atoms with Crippen molar-refractivity contribution in [2.75, 3.05) is 11.9 Å². The highest BCUT2D eigenvalue weighted by Gasteiger charge is 2.18. The van der Waals surface area contributed by atoms with E-state index < -0.39 is 0 Å². The summed E-state index contributed by atoms with van der Waals surface area (Å²) in [5.74, 6) is 0.346. The standard InChI is InChI=1S/C15H13N5O2S/c21-14(11-7-13-20(19-11)5-2-6-22-13)18-15-17-12(9-23-15)10-3-1-4-16-8-10/h1,3-4,7-9H,2,5-6H2,(H,17,18,21). The molecule has 23 heavy (non-hydrogen) atoms. The van der Waals surface area contributed by atoms with Crippen LogP contribution in [0.25, 0.3) is 11.3 Å². The van der Waals surface area contributed by atoms with Crippen LogP contribution in [0.2, 0.25) is 0 Å². The Labute approximate surface area is 136 Å². The number of nitrogens with zero attached hydrogens (tertiary/aromatic N) is 4. The number of aryl methyl sites for hydroxylation is 1. The predicted molar refractivity (Wildman–Crippen MR) is 85.6 cm³/mol. The molecule has 0 bridgehead atoms. The highest BCUT2D eigenvalue weighted by molar-refractivity contribution is 7.14. The number of nitrogens with one attached hydrogen (secondary N) is 1. The van der Waals surface area contributed by atoms with Crippen molar-refractivity contribution in [3.63, 3.8) is 0 Å². The Hall–Kier alpha value is -2.74. The molecule has 4 heterocycles. The van der Waals surface area contributed by atoms with Crippen molar-refractivity contribution < 1.29 is 9.53 Å². The maximum absolute atomic E-state index is 12.3. The van der Waals surface area contributed by atoms with Gasteiger partial charge in [0.05, 0.1) is 12.3 Å². The SMILES string of the molecule is O=C(Nc1nc(-c2cccnc2)cs1)c1cc2n(n1)CCCO2. The Balaban J connectivity index is 1.51. The van der Waals surface area contributed by atoms with E-state index in [0.717, 1.165) is 24.2 Å². The number of amides is 1. The first kappa shape index (κ1) is 13.9. The van der Waals surface area contributed by atoms with Gasteiger partial charge < -0.3 is 4.74 Å². The molecule has 8 heteroatoms. The lowest BCUT2D eigenvalue weighted by atomic mass is 10.2. The molecule has 0 unspecified atom stereocenters. The van der Waals surface area contributed by atoms with E-state index in [0.29, 0.717) is 23.3 Å². The van der Waals surface area contributed by atoms with Crippen molar-refractivity contribution in [3.05, 3.63) is 41.7 Å². The Kier molecular flexibility index (Phi) is 3.51. The first-order valence-electron chi connectivity index (χ1n) is 7.17. The molecule has 0 fully saturated rings. The van der Waals surface area contributed by atoms with Gasteiger partial charge in [-0.15, -0.1) is 11.3 Å². The second-order valence-electron chi connectivity index (χ2n) is 5.03. The number of hydrogen-bond donors (Lipinski definition) is 1. The number of pyridine rings is 1. The van der Waals surface area contributed by atoms with Crippen LogP contribution in [0.3, 0.4) is 0 Å². The van der Waals surface area contributed by atoms with Crippen LogP contribution in [-0.2, 0) is 6.54 Å². The average molecular weight is 327 g/mol. The zero-order valence-electron chi connectivity index (χ0n) is 12.1. The summed E-state index contributed by atoms with van der Waals surface area (Å²) in [6.45, 7) is 1.43. The molecule has 4 rings (SSSR count). The van der Waals surface area contributed by atoms with Crippen LogP contribution in [0.15, 0.2) is 36.0 Å². The van der Waals surface area contributed by atoms with Gasteiger partial charge in [0.15, 0.2) is 10.8 Å². The number of thiazole rings is 1. The molecule has 3 aromatic heterocycles. The molecule has 0 aliphatic carbocycles. The molecule has 0 aromatic carbocycles. The molecule has 1 amide bonds. The zero-order valence-corrected chi connectivity index (χ0v) is 12.9. The number of ether oxygens (including phenoxy) is 1. The van der Waals surface area contributed by atoms with Gasteiger partial charge in [0.2, 0.25) is 5.88 Å². The molecule has 0 atom stereocenters. The van der Waals surface area contributed by atoms with E-state index in [2.05, 4.69) is 20.4 Å². The van der Waals surface area contributed by atoms with Gasteiger partial charge in [0.1, 0.15) is 0 Å². The van der Waals surface area contributed by atoms with Crippen molar-refractivity contribution in [1.29, 1.82) is 0 Å². The summed E-state index contributed by atoms with van der Waals surface area (Å²) in [6, 6.07) is 5.43. The fourth-order valence-corrected chi connectivity index (χ4v) is 3.03. The Morgan fingerprint density at radius 1 is 1.43 bits per heavy atom. The highest BCUT2D eigenvalue weighted by atomic mass is 32.1. The Morgan fingerprint density at radius 3 is 3.22 bits per heavy atom. The number of carbonyl (C=O) groups excluding carboxylic acids is 1. The predicted octanol–water partition coefficient (Wildman–Crippen LogP) is 2.44. The summed E-state index contributed by atoms with van der Waals surface area (Å²) in [4.78, 5) is 20.8. The average Bonchev–Trinajstić information content (AvgIpc) is 3.22. The van der Waals surface area contributed by atoms with Crippen molar-refractivity contribution in [1.82, 2.24) is 19.7 Å². The third-order valence-electron chi connectivity index (χ3n) is 3.42. The molecule has 7 nitrogen and oxygen atoms in total. The van der Waals surface area contributed by atoms with E-state index in [1.165, 1.54) is 11.3 Å². The number of fused-ring (bicyclic) bond motifs is 1. The van der Waals surface area contributed by atoms with Crippen LogP contribution < -0.4 is 10.1 Å². The summed E-state index contributed by atoms with van der Waals surface area (Å²) in [7, 11) is 0. The van der Waals surface area contributed by atoms with Crippen molar-refractivity contribution >= 4 is 22.4 Å². The topological polar surface area (TPSA) is 81.9 Å². The molecule has 0 spiro atoms. The van der Waals surface area contributed by atoms with E-state index in [9.17, 15) is 4.79 Å². The smallest absolute Gasteiger partial charge is 0.278 e. The molecule has 3 aromatic rings. The van der Waals surface area contributed by atoms with Gasteiger partial charge in [-0.2, -0.15) is 5.10 Å². The van der Waals surface area contributed by atoms with Gasteiger partial charge in [-0.05, 0) is 12.1 Å². The van der Waals surface area contributed by atoms with Gasteiger partial charge in [0, 0.05) is 42.4 Å². The second-order valence-corrected chi connectivity index (χ2v) is 5.88. The fourth-order valence-electron chi connectivity index (χ4n) is 2.32. The molecule has 1 aliphatic rings. The van der Waals surface area contributed by atoms with Gasteiger partial charge in [-0.25, -0.2) is 9.67 Å². The van der Waals surface area contributed by atoms with Crippen LogP contribution in [0.1, 0.15) is 16.9 Å². The quantitative estimate of drug-likeness (QED) is 0.799. The molecule has 1 aliphatic heterocycles. The third kappa shape index (κ3) is 2.80. The van der Waals surface area contributed by atoms with Crippen LogP contribution in [0.5, 0.6) is 5.88 Å². The number of carbonyl (C=O) groups is 1. The first-order chi connectivity index (χ1) is 11.3. The molecule has 116 valence electrons.